The number of benzene rings is 1. The van der Waals surface area contributed by atoms with Crippen LogP contribution >= 0.6 is 0 Å². The Labute approximate surface area is 208 Å². The van der Waals surface area contributed by atoms with Crippen LogP contribution in [0.25, 0.3) is 11.4 Å². The quantitative estimate of drug-likeness (QED) is 0.522. The third kappa shape index (κ3) is 6.90. The molecule has 36 heavy (non-hydrogen) atoms. The SMILES string of the molecule is CCOC(=O)N1CCN(C(=O)[C@H](CCC(=O)O)NC(=O)c2cc(OC)nc(-c3ccccc3)n2)CC1. The molecule has 2 N–H and O–H groups in total. The van der Waals surface area contributed by atoms with Gasteiger partial charge in [-0.1, -0.05) is 30.3 Å². The zero-order chi connectivity index (χ0) is 26.1. The summed E-state index contributed by atoms with van der Waals surface area (Å²) in [7, 11) is 1.41. The van der Waals surface area contributed by atoms with Crippen LogP contribution in [0.4, 0.5) is 4.79 Å². The number of aliphatic carboxylic acids is 1. The highest BCUT2D eigenvalue weighted by molar-refractivity contribution is 5.96. The second-order valence-corrected chi connectivity index (χ2v) is 7.95. The molecule has 1 fully saturated rings. The number of nitrogens with one attached hydrogen (secondary N) is 1. The van der Waals surface area contributed by atoms with Crippen molar-refractivity contribution in [1.29, 1.82) is 0 Å². The molecule has 2 aromatic rings. The number of carboxylic acid groups (broad SMARTS) is 1. The van der Waals surface area contributed by atoms with Gasteiger partial charge in [0.25, 0.3) is 5.91 Å². The van der Waals surface area contributed by atoms with Crippen molar-refractivity contribution < 1.29 is 33.8 Å². The second kappa shape index (κ2) is 12.5. The van der Waals surface area contributed by atoms with Gasteiger partial charge in [-0.05, 0) is 13.3 Å². The van der Waals surface area contributed by atoms with E-state index in [1.807, 2.05) is 6.07 Å². The maximum atomic E-state index is 13.2. The van der Waals surface area contributed by atoms with Crippen LogP contribution in [-0.4, -0.2) is 94.7 Å². The summed E-state index contributed by atoms with van der Waals surface area (Å²) in [6.45, 7) is 2.97. The summed E-state index contributed by atoms with van der Waals surface area (Å²) >= 11 is 0. The largest absolute Gasteiger partial charge is 0.481 e. The molecule has 0 spiro atoms. The fourth-order valence-electron chi connectivity index (χ4n) is 3.66. The highest BCUT2D eigenvalue weighted by Gasteiger charge is 2.31. The number of hydrogen-bond donors (Lipinski definition) is 2. The predicted molar refractivity (Wildman–Crippen MR) is 127 cm³/mol. The average Bonchev–Trinajstić information content (AvgIpc) is 2.90. The van der Waals surface area contributed by atoms with Gasteiger partial charge in [0.2, 0.25) is 11.8 Å². The van der Waals surface area contributed by atoms with Gasteiger partial charge in [-0.15, -0.1) is 0 Å². The summed E-state index contributed by atoms with van der Waals surface area (Å²) in [6, 6.07) is 9.27. The lowest BCUT2D eigenvalue weighted by molar-refractivity contribution is -0.138. The van der Waals surface area contributed by atoms with Crippen LogP contribution in [0.2, 0.25) is 0 Å². The van der Waals surface area contributed by atoms with Crippen molar-refractivity contribution in [2.24, 2.45) is 0 Å². The first-order valence-electron chi connectivity index (χ1n) is 11.5. The van der Waals surface area contributed by atoms with Crippen LogP contribution < -0.4 is 10.1 Å². The molecule has 1 atom stereocenters. The molecule has 3 rings (SSSR count). The first-order chi connectivity index (χ1) is 17.3. The van der Waals surface area contributed by atoms with Crippen LogP contribution in [0.1, 0.15) is 30.3 Å². The molecule has 3 amide bonds. The van der Waals surface area contributed by atoms with Gasteiger partial charge >= 0.3 is 12.1 Å². The van der Waals surface area contributed by atoms with E-state index in [0.717, 1.165) is 0 Å². The van der Waals surface area contributed by atoms with Gasteiger partial charge in [-0.3, -0.25) is 14.4 Å². The molecule has 0 radical (unpaired) electrons. The summed E-state index contributed by atoms with van der Waals surface area (Å²) in [6.07, 6.45) is -0.875. The molecule has 1 aromatic heterocycles. The molecule has 1 aromatic carbocycles. The summed E-state index contributed by atoms with van der Waals surface area (Å²) < 4.78 is 10.2. The summed E-state index contributed by atoms with van der Waals surface area (Å²) in [4.78, 5) is 61.0. The number of carboxylic acids is 1. The highest BCUT2D eigenvalue weighted by Crippen LogP contribution is 2.19. The summed E-state index contributed by atoms with van der Waals surface area (Å²) in [5, 5.41) is 11.8. The number of methoxy groups -OCH3 is 1. The molecule has 0 aliphatic carbocycles. The number of hydrogen-bond acceptors (Lipinski definition) is 8. The maximum Gasteiger partial charge on any atom is 0.409 e. The van der Waals surface area contributed by atoms with Crippen molar-refractivity contribution in [3.8, 4) is 17.3 Å². The number of carbonyl (C=O) groups excluding carboxylic acids is 3. The molecule has 0 bridgehead atoms. The van der Waals surface area contributed by atoms with Gasteiger partial charge in [-0.25, -0.2) is 9.78 Å². The Morgan fingerprint density at radius 2 is 1.72 bits per heavy atom. The normalized spacial score (nSPS) is 14.1. The first kappa shape index (κ1) is 26.4. The zero-order valence-electron chi connectivity index (χ0n) is 20.2. The summed E-state index contributed by atoms with van der Waals surface area (Å²) in [5.41, 5.74) is 0.643. The van der Waals surface area contributed by atoms with Crippen LogP contribution in [0.5, 0.6) is 5.88 Å². The number of carbonyl (C=O) groups is 4. The smallest absolute Gasteiger partial charge is 0.409 e. The van der Waals surface area contributed by atoms with E-state index in [1.54, 1.807) is 31.2 Å². The van der Waals surface area contributed by atoms with E-state index >= 15 is 0 Å². The number of ether oxygens (including phenoxy) is 2. The Hall–Kier alpha value is -4.22. The number of amides is 3. The van der Waals surface area contributed by atoms with Gasteiger partial charge in [0.15, 0.2) is 5.82 Å². The van der Waals surface area contributed by atoms with E-state index in [1.165, 1.54) is 23.0 Å². The van der Waals surface area contributed by atoms with E-state index in [2.05, 4.69) is 15.3 Å². The van der Waals surface area contributed by atoms with Gasteiger partial charge < -0.3 is 29.7 Å². The monoisotopic (exact) mass is 499 g/mol. The lowest BCUT2D eigenvalue weighted by atomic mass is 10.1. The number of rotatable bonds is 9. The molecular weight excluding hydrogens is 470 g/mol. The maximum absolute atomic E-state index is 13.2. The van der Waals surface area contributed by atoms with E-state index in [0.29, 0.717) is 5.56 Å². The minimum absolute atomic E-state index is 0.0269. The van der Waals surface area contributed by atoms with Gasteiger partial charge in [-0.2, -0.15) is 4.98 Å². The standard InChI is InChI=1S/C24H29N5O7/c1-3-36-24(34)29-13-11-28(12-14-29)23(33)17(9-10-20(30)31)26-22(32)18-15-19(35-2)27-21(25-18)16-7-5-4-6-8-16/h4-8,15,17H,3,9-14H2,1-2H3,(H,26,32)(H,30,31)/t17-/m0/s1. The molecule has 1 aliphatic rings. The molecule has 2 heterocycles. The number of piperazine rings is 1. The van der Waals surface area contributed by atoms with Crippen molar-refractivity contribution in [2.75, 3.05) is 39.9 Å². The molecule has 1 saturated heterocycles. The van der Waals surface area contributed by atoms with E-state index in [-0.39, 0.29) is 63.0 Å². The van der Waals surface area contributed by atoms with Crippen molar-refractivity contribution in [2.45, 2.75) is 25.8 Å². The fourth-order valence-corrected chi connectivity index (χ4v) is 3.66. The molecule has 1 aliphatic heterocycles. The van der Waals surface area contributed by atoms with Gasteiger partial charge in [0, 0.05) is 44.2 Å². The van der Waals surface area contributed by atoms with Crippen LogP contribution in [0.3, 0.4) is 0 Å². The topological polar surface area (TPSA) is 151 Å². The number of aromatic nitrogens is 2. The lowest BCUT2D eigenvalue weighted by Crippen LogP contribution is -2.56. The van der Waals surface area contributed by atoms with Crippen LogP contribution in [-0.2, 0) is 14.3 Å². The third-order valence-corrected chi connectivity index (χ3v) is 5.54. The van der Waals surface area contributed by atoms with Gasteiger partial charge in [0.05, 0.1) is 13.7 Å². The Balaban J connectivity index is 1.76. The van der Waals surface area contributed by atoms with Crippen LogP contribution in [0.15, 0.2) is 36.4 Å². The molecular formula is C24H29N5O7. The van der Waals surface area contributed by atoms with Gasteiger partial charge in [0.1, 0.15) is 11.7 Å². The Morgan fingerprint density at radius 3 is 2.33 bits per heavy atom. The predicted octanol–water partition coefficient (Wildman–Crippen LogP) is 1.42. The van der Waals surface area contributed by atoms with Crippen molar-refractivity contribution in [1.82, 2.24) is 25.1 Å². The molecule has 12 nitrogen and oxygen atoms in total. The van der Waals surface area contributed by atoms with E-state index in [4.69, 9.17) is 14.6 Å². The van der Waals surface area contributed by atoms with E-state index in [9.17, 15) is 19.2 Å². The Bertz CT molecular complexity index is 1090. The molecule has 192 valence electrons. The Kier molecular flexibility index (Phi) is 9.14. The van der Waals surface area contributed by atoms with E-state index < -0.39 is 29.9 Å². The van der Waals surface area contributed by atoms with Crippen molar-refractivity contribution in [3.05, 3.63) is 42.1 Å². The first-order valence-corrected chi connectivity index (χ1v) is 11.5. The van der Waals surface area contributed by atoms with Crippen molar-refractivity contribution in [3.63, 3.8) is 0 Å². The number of nitrogens with zero attached hydrogens (tertiary/aromatic N) is 4. The average molecular weight is 500 g/mol. The Morgan fingerprint density at radius 1 is 1.06 bits per heavy atom. The molecule has 0 unspecified atom stereocenters. The van der Waals surface area contributed by atoms with Crippen molar-refractivity contribution >= 4 is 23.9 Å². The molecule has 12 heteroatoms. The van der Waals surface area contributed by atoms with Crippen LogP contribution in [0, 0.1) is 0 Å². The lowest BCUT2D eigenvalue weighted by Gasteiger charge is -2.35. The minimum Gasteiger partial charge on any atom is -0.481 e. The minimum atomic E-state index is -1.09. The zero-order valence-corrected chi connectivity index (χ0v) is 20.2. The summed E-state index contributed by atoms with van der Waals surface area (Å²) in [5.74, 6) is -1.76. The third-order valence-electron chi connectivity index (χ3n) is 5.54. The fraction of sp³-hybridized carbons (Fsp3) is 0.417. The molecule has 0 saturated carbocycles. The highest BCUT2D eigenvalue weighted by atomic mass is 16.6. The second-order valence-electron chi connectivity index (χ2n) is 7.95.